The fourth-order valence-electron chi connectivity index (χ4n) is 5.09. The van der Waals surface area contributed by atoms with Crippen molar-refractivity contribution in [1.29, 1.82) is 0 Å². The molecule has 0 bridgehead atoms. The van der Waals surface area contributed by atoms with Crippen molar-refractivity contribution in [3.63, 3.8) is 0 Å². The molecule has 0 aromatic heterocycles. The van der Waals surface area contributed by atoms with E-state index >= 15 is 0 Å². The molecular formula is C28H32NO3+. The van der Waals surface area contributed by atoms with Gasteiger partial charge in [-0.2, -0.15) is 0 Å². The van der Waals surface area contributed by atoms with Crippen molar-refractivity contribution in [3.8, 4) is 11.5 Å². The largest absolute Gasteiger partial charge is 0.459 e. The van der Waals surface area contributed by atoms with Crippen molar-refractivity contribution >= 4 is 11.7 Å². The highest BCUT2D eigenvalue weighted by Crippen LogP contribution is 2.44. The van der Waals surface area contributed by atoms with E-state index < -0.39 is 5.92 Å². The average Bonchev–Trinajstić information content (AvgIpc) is 2.80. The number of fused-ring (bicyclic) bond motifs is 2. The second-order valence-corrected chi connectivity index (χ2v) is 8.96. The van der Waals surface area contributed by atoms with Gasteiger partial charge in [0.25, 0.3) is 0 Å². The van der Waals surface area contributed by atoms with Gasteiger partial charge in [-0.05, 0) is 52.0 Å². The first-order valence-corrected chi connectivity index (χ1v) is 11.4. The third kappa shape index (κ3) is 3.91. The third-order valence-electron chi connectivity index (χ3n) is 6.70. The molecule has 3 aromatic carbocycles. The number of esters is 1. The van der Waals surface area contributed by atoms with E-state index in [4.69, 9.17) is 9.47 Å². The lowest BCUT2D eigenvalue weighted by Gasteiger charge is -2.45. The Bertz CT molecular complexity index is 1020. The van der Waals surface area contributed by atoms with E-state index in [1.165, 1.54) is 5.69 Å². The zero-order chi connectivity index (χ0) is 22.7. The minimum absolute atomic E-state index is 0.230. The zero-order valence-corrected chi connectivity index (χ0v) is 19.3. The van der Waals surface area contributed by atoms with Crippen molar-refractivity contribution in [2.24, 2.45) is 0 Å². The lowest BCUT2D eigenvalue weighted by Crippen LogP contribution is -2.60. The Morgan fingerprint density at radius 3 is 1.84 bits per heavy atom. The molecule has 166 valence electrons. The maximum atomic E-state index is 13.4. The Morgan fingerprint density at radius 2 is 1.31 bits per heavy atom. The SMILES string of the molecule is CC(C)[N+](CCOC(=O)C1c2ccccc2Oc2ccccc21)(c1ccccc1)C(C)C. The van der Waals surface area contributed by atoms with Crippen LogP contribution in [0.1, 0.15) is 44.7 Å². The van der Waals surface area contributed by atoms with E-state index in [9.17, 15) is 4.79 Å². The summed E-state index contributed by atoms with van der Waals surface area (Å²) in [4.78, 5) is 13.4. The predicted octanol–water partition coefficient (Wildman–Crippen LogP) is 6.29. The Balaban J connectivity index is 1.58. The molecular weight excluding hydrogens is 398 g/mol. The number of carbonyl (C=O) groups is 1. The van der Waals surface area contributed by atoms with Gasteiger partial charge in [-0.15, -0.1) is 0 Å². The van der Waals surface area contributed by atoms with Gasteiger partial charge >= 0.3 is 5.97 Å². The van der Waals surface area contributed by atoms with Crippen LogP contribution in [0.3, 0.4) is 0 Å². The van der Waals surface area contributed by atoms with Gasteiger partial charge in [-0.3, -0.25) is 9.28 Å². The van der Waals surface area contributed by atoms with Gasteiger partial charge in [0.15, 0.2) is 0 Å². The standard InChI is InChI=1S/C28H32NO3/c1-20(2)29(21(3)4,22-12-6-5-7-13-22)18-19-31-28(30)27-23-14-8-10-16-25(23)32-26-17-11-9-15-24(26)27/h5-17,20-21,27H,18-19H2,1-4H3/q+1. The number of benzene rings is 3. The highest BCUT2D eigenvalue weighted by molar-refractivity contribution is 5.85. The number of para-hydroxylation sites is 3. The predicted molar refractivity (Wildman–Crippen MR) is 129 cm³/mol. The molecule has 0 spiro atoms. The Hall–Kier alpha value is -3.11. The number of ether oxygens (including phenoxy) is 2. The van der Waals surface area contributed by atoms with Crippen LogP contribution in [0.15, 0.2) is 78.9 Å². The van der Waals surface area contributed by atoms with Gasteiger partial charge in [-0.1, -0.05) is 54.6 Å². The molecule has 1 aliphatic rings. The van der Waals surface area contributed by atoms with Crippen molar-refractivity contribution in [2.75, 3.05) is 13.2 Å². The van der Waals surface area contributed by atoms with Crippen LogP contribution in [0.25, 0.3) is 0 Å². The molecule has 0 N–H and O–H groups in total. The molecule has 0 saturated carbocycles. The molecule has 1 heterocycles. The lowest BCUT2D eigenvalue weighted by molar-refractivity contribution is -0.145. The summed E-state index contributed by atoms with van der Waals surface area (Å²) in [7, 11) is 0. The fraction of sp³-hybridized carbons (Fsp3) is 0.321. The molecule has 0 fully saturated rings. The zero-order valence-electron chi connectivity index (χ0n) is 19.3. The Morgan fingerprint density at radius 1 is 0.812 bits per heavy atom. The number of quaternary nitrogens is 1. The van der Waals surface area contributed by atoms with Gasteiger partial charge in [-0.25, -0.2) is 0 Å². The number of rotatable bonds is 7. The first-order valence-electron chi connectivity index (χ1n) is 11.4. The van der Waals surface area contributed by atoms with Gasteiger partial charge in [0, 0.05) is 11.1 Å². The molecule has 4 rings (SSSR count). The summed E-state index contributed by atoms with van der Waals surface area (Å²) >= 11 is 0. The van der Waals surface area contributed by atoms with Gasteiger partial charge in [0.2, 0.25) is 0 Å². The summed E-state index contributed by atoms with van der Waals surface area (Å²) in [5.74, 6) is 0.721. The van der Waals surface area contributed by atoms with Crippen LogP contribution in [-0.2, 0) is 9.53 Å². The number of hydrogen-bond donors (Lipinski definition) is 0. The molecule has 4 heteroatoms. The van der Waals surface area contributed by atoms with E-state index in [0.29, 0.717) is 30.2 Å². The molecule has 4 nitrogen and oxygen atoms in total. The van der Waals surface area contributed by atoms with E-state index in [0.717, 1.165) is 22.2 Å². The summed E-state index contributed by atoms with van der Waals surface area (Å²) in [5.41, 5.74) is 2.95. The maximum Gasteiger partial charge on any atom is 0.318 e. The quantitative estimate of drug-likeness (QED) is 0.326. The van der Waals surface area contributed by atoms with E-state index in [-0.39, 0.29) is 5.97 Å². The fourth-order valence-corrected chi connectivity index (χ4v) is 5.09. The number of carbonyl (C=O) groups excluding carboxylic acids is 1. The lowest BCUT2D eigenvalue weighted by atomic mass is 9.88. The summed E-state index contributed by atoms with van der Waals surface area (Å²) in [6, 6.07) is 26.7. The normalized spacial score (nSPS) is 13.4. The van der Waals surface area contributed by atoms with Crippen molar-refractivity contribution < 1.29 is 14.3 Å². The summed E-state index contributed by atoms with van der Waals surface area (Å²) in [5, 5.41) is 0. The molecule has 32 heavy (non-hydrogen) atoms. The van der Waals surface area contributed by atoms with E-state index in [1.807, 2.05) is 54.6 Å². The van der Waals surface area contributed by atoms with Crippen LogP contribution >= 0.6 is 0 Å². The highest BCUT2D eigenvalue weighted by atomic mass is 16.5. The van der Waals surface area contributed by atoms with Crippen LogP contribution in [0.4, 0.5) is 5.69 Å². The molecule has 0 saturated heterocycles. The van der Waals surface area contributed by atoms with E-state index in [2.05, 4.69) is 52.0 Å². The maximum absolute atomic E-state index is 13.4. The second-order valence-electron chi connectivity index (χ2n) is 8.96. The van der Waals surface area contributed by atoms with Gasteiger partial charge in [0.05, 0.1) is 12.1 Å². The number of hydrogen-bond acceptors (Lipinski definition) is 3. The van der Waals surface area contributed by atoms with Crippen LogP contribution in [0.2, 0.25) is 0 Å². The van der Waals surface area contributed by atoms with Gasteiger partial charge in [0.1, 0.15) is 36.3 Å². The Kier molecular flexibility index (Phi) is 6.33. The second kappa shape index (κ2) is 9.17. The van der Waals surface area contributed by atoms with Crippen LogP contribution in [-0.4, -0.2) is 31.2 Å². The van der Waals surface area contributed by atoms with Crippen LogP contribution in [0, 0.1) is 0 Å². The minimum Gasteiger partial charge on any atom is -0.459 e. The third-order valence-corrected chi connectivity index (χ3v) is 6.70. The molecule has 1 aliphatic heterocycles. The van der Waals surface area contributed by atoms with Crippen molar-refractivity contribution in [1.82, 2.24) is 4.48 Å². The topological polar surface area (TPSA) is 35.5 Å². The first kappa shape index (κ1) is 22.1. The highest BCUT2D eigenvalue weighted by Gasteiger charge is 2.38. The molecule has 3 aromatic rings. The van der Waals surface area contributed by atoms with Crippen molar-refractivity contribution in [2.45, 2.75) is 45.7 Å². The number of nitrogens with zero attached hydrogens (tertiary/aromatic N) is 1. The summed E-state index contributed by atoms with van der Waals surface area (Å²) in [6.45, 7) is 10.0. The molecule has 0 radical (unpaired) electrons. The smallest absolute Gasteiger partial charge is 0.318 e. The van der Waals surface area contributed by atoms with Crippen LogP contribution in [0.5, 0.6) is 11.5 Å². The minimum atomic E-state index is -0.479. The van der Waals surface area contributed by atoms with E-state index in [1.54, 1.807) is 0 Å². The molecule has 0 aliphatic carbocycles. The van der Waals surface area contributed by atoms with Crippen LogP contribution < -0.4 is 9.22 Å². The average molecular weight is 431 g/mol. The summed E-state index contributed by atoms with van der Waals surface area (Å²) in [6.07, 6.45) is 0. The van der Waals surface area contributed by atoms with Gasteiger partial charge < -0.3 is 9.47 Å². The first-order chi connectivity index (χ1) is 15.4. The molecule has 0 atom stereocenters. The Labute approximate surface area is 191 Å². The monoisotopic (exact) mass is 430 g/mol. The molecule has 0 unspecified atom stereocenters. The summed E-state index contributed by atoms with van der Waals surface area (Å²) < 4.78 is 12.7. The van der Waals surface area contributed by atoms with Crippen molar-refractivity contribution in [3.05, 3.63) is 90.0 Å². The molecule has 0 amide bonds.